The second-order valence-electron chi connectivity index (χ2n) is 3.71. The van der Waals surface area contributed by atoms with Crippen molar-refractivity contribution in [3.63, 3.8) is 0 Å². The van der Waals surface area contributed by atoms with Crippen LogP contribution in [0.3, 0.4) is 0 Å². The van der Waals surface area contributed by atoms with Gasteiger partial charge >= 0.3 is 11.8 Å². The van der Waals surface area contributed by atoms with Crippen molar-refractivity contribution in [1.82, 2.24) is 0 Å². The quantitative estimate of drug-likeness (QED) is 0.347. The van der Waals surface area contributed by atoms with Gasteiger partial charge in [-0.2, -0.15) is 0 Å². The third-order valence-corrected chi connectivity index (χ3v) is 2.74. The van der Waals surface area contributed by atoms with Gasteiger partial charge in [0.2, 0.25) is 0 Å². The first kappa shape index (κ1) is 12.8. The fourth-order valence-electron chi connectivity index (χ4n) is 1.08. The first-order valence-corrected chi connectivity index (χ1v) is 4.36. The number of aliphatic hydroxyl groups is 4. The van der Waals surface area contributed by atoms with Gasteiger partial charge in [-0.3, -0.25) is 0 Å². The van der Waals surface area contributed by atoms with Gasteiger partial charge in [-0.25, -0.2) is 4.48 Å². The second kappa shape index (κ2) is 3.51. The molecule has 13 heavy (non-hydrogen) atoms. The molecule has 0 saturated carbocycles. The maximum atomic E-state index is 9.53. The third-order valence-electron chi connectivity index (χ3n) is 2.74. The molecule has 0 aromatic heterocycles. The zero-order valence-electron chi connectivity index (χ0n) is 8.65. The Bertz CT molecular complexity index is 159. The molecule has 0 unspecified atom stereocenters. The SMILES string of the molecule is CCC(O)(O)[N+](C)(C)C(O)(O)CC. The van der Waals surface area contributed by atoms with E-state index in [-0.39, 0.29) is 12.8 Å². The minimum Gasteiger partial charge on any atom is -0.319 e. The minimum absolute atomic E-state index is 0.0167. The van der Waals surface area contributed by atoms with Crippen LogP contribution in [0.15, 0.2) is 0 Å². The highest BCUT2D eigenvalue weighted by Crippen LogP contribution is 2.29. The van der Waals surface area contributed by atoms with E-state index in [1.807, 2.05) is 0 Å². The first-order valence-electron chi connectivity index (χ1n) is 4.36. The van der Waals surface area contributed by atoms with Gasteiger partial charge in [0, 0.05) is 0 Å². The predicted molar refractivity (Wildman–Crippen MR) is 47.0 cm³/mol. The molecule has 0 aromatic carbocycles. The van der Waals surface area contributed by atoms with E-state index in [1.54, 1.807) is 13.8 Å². The molecule has 0 radical (unpaired) electrons. The molecule has 0 aliphatic heterocycles. The summed E-state index contributed by atoms with van der Waals surface area (Å²) < 4.78 is -0.688. The molecular formula is C8H20NO4+. The Balaban J connectivity index is 4.95. The zero-order valence-corrected chi connectivity index (χ0v) is 8.65. The maximum absolute atomic E-state index is 9.53. The summed E-state index contributed by atoms with van der Waals surface area (Å²) >= 11 is 0. The smallest absolute Gasteiger partial charge is 0.317 e. The summed E-state index contributed by atoms with van der Waals surface area (Å²) in [6.45, 7) is 3.12. The summed E-state index contributed by atoms with van der Waals surface area (Å²) in [6.07, 6.45) is 0.0335. The lowest BCUT2D eigenvalue weighted by Crippen LogP contribution is -2.71. The maximum Gasteiger partial charge on any atom is 0.317 e. The van der Waals surface area contributed by atoms with Crippen LogP contribution < -0.4 is 0 Å². The summed E-state index contributed by atoms with van der Waals surface area (Å²) in [5, 5.41) is 38.1. The van der Waals surface area contributed by atoms with E-state index in [0.717, 1.165) is 0 Å². The Morgan fingerprint density at radius 3 is 1.23 bits per heavy atom. The average molecular weight is 194 g/mol. The van der Waals surface area contributed by atoms with Crippen molar-refractivity contribution in [1.29, 1.82) is 0 Å². The fraction of sp³-hybridized carbons (Fsp3) is 1.00. The number of quaternary nitrogens is 1. The van der Waals surface area contributed by atoms with Crippen LogP contribution in [-0.2, 0) is 0 Å². The molecule has 0 aliphatic rings. The van der Waals surface area contributed by atoms with Crippen LogP contribution in [0.4, 0.5) is 0 Å². The van der Waals surface area contributed by atoms with Gasteiger partial charge in [-0.1, -0.05) is 13.8 Å². The number of rotatable bonds is 4. The highest BCUT2D eigenvalue weighted by atomic mass is 16.6. The molecule has 0 atom stereocenters. The summed E-state index contributed by atoms with van der Waals surface area (Å²) in [4.78, 5) is 0. The normalized spacial score (nSPS) is 14.8. The molecule has 0 saturated heterocycles. The van der Waals surface area contributed by atoms with Gasteiger partial charge in [0.05, 0.1) is 26.9 Å². The van der Waals surface area contributed by atoms with E-state index in [0.29, 0.717) is 0 Å². The standard InChI is InChI=1S/C8H20NO4/c1-5-7(10,11)9(3,4)8(12,13)6-2/h10-13H,5-6H2,1-4H3/q+1. The van der Waals surface area contributed by atoms with E-state index >= 15 is 0 Å². The van der Waals surface area contributed by atoms with Crippen LogP contribution in [0.25, 0.3) is 0 Å². The van der Waals surface area contributed by atoms with Crippen LogP contribution in [0.5, 0.6) is 0 Å². The van der Waals surface area contributed by atoms with Crippen LogP contribution in [0.2, 0.25) is 0 Å². The molecule has 0 spiro atoms. The summed E-state index contributed by atoms with van der Waals surface area (Å²) in [6, 6.07) is 0. The summed E-state index contributed by atoms with van der Waals surface area (Å²) in [7, 11) is 2.71. The molecule has 0 rings (SSSR count). The van der Waals surface area contributed by atoms with E-state index in [2.05, 4.69) is 0 Å². The van der Waals surface area contributed by atoms with Crippen molar-refractivity contribution < 1.29 is 24.9 Å². The molecule has 0 aliphatic carbocycles. The third kappa shape index (κ3) is 2.00. The molecule has 0 heterocycles. The van der Waals surface area contributed by atoms with Gasteiger partial charge in [-0.15, -0.1) is 0 Å². The molecule has 80 valence electrons. The molecule has 0 aromatic rings. The van der Waals surface area contributed by atoms with E-state index in [9.17, 15) is 20.4 Å². The second-order valence-corrected chi connectivity index (χ2v) is 3.71. The largest absolute Gasteiger partial charge is 0.319 e. The first-order chi connectivity index (χ1) is 5.62. The lowest BCUT2D eigenvalue weighted by atomic mass is 10.2. The topological polar surface area (TPSA) is 80.9 Å². The predicted octanol–water partition coefficient (Wildman–Crippen LogP) is -0.840. The Morgan fingerprint density at radius 2 is 1.08 bits per heavy atom. The lowest BCUT2D eigenvalue weighted by Gasteiger charge is -2.46. The number of hydrogen-bond acceptors (Lipinski definition) is 4. The van der Waals surface area contributed by atoms with E-state index in [4.69, 9.17) is 0 Å². The summed E-state index contributed by atoms with van der Waals surface area (Å²) in [5.41, 5.74) is 0. The van der Waals surface area contributed by atoms with Gasteiger partial charge in [0.25, 0.3) is 0 Å². The fourth-order valence-corrected chi connectivity index (χ4v) is 1.08. The number of hydrogen-bond donors (Lipinski definition) is 4. The van der Waals surface area contributed by atoms with Crippen molar-refractivity contribution in [2.24, 2.45) is 0 Å². The number of nitrogens with zero attached hydrogens (tertiary/aromatic N) is 1. The molecule has 5 heteroatoms. The molecule has 4 N–H and O–H groups in total. The molecule has 0 bridgehead atoms. The Hall–Kier alpha value is -0.200. The van der Waals surface area contributed by atoms with Gasteiger partial charge in [0.1, 0.15) is 0 Å². The molecule has 0 amide bonds. The Labute approximate surface area is 78.4 Å². The van der Waals surface area contributed by atoms with Crippen molar-refractivity contribution in [3.8, 4) is 0 Å². The lowest BCUT2D eigenvalue weighted by molar-refractivity contribution is -1.08. The Kier molecular flexibility index (Phi) is 3.46. The van der Waals surface area contributed by atoms with Crippen LogP contribution in [0, 0.1) is 0 Å². The van der Waals surface area contributed by atoms with Crippen LogP contribution >= 0.6 is 0 Å². The van der Waals surface area contributed by atoms with Crippen LogP contribution in [-0.4, -0.2) is 50.8 Å². The van der Waals surface area contributed by atoms with Gasteiger partial charge in [0.15, 0.2) is 0 Å². The van der Waals surface area contributed by atoms with E-state index < -0.39 is 16.3 Å². The van der Waals surface area contributed by atoms with Crippen LogP contribution in [0.1, 0.15) is 26.7 Å². The highest BCUT2D eigenvalue weighted by Gasteiger charge is 2.54. The molecule has 5 nitrogen and oxygen atoms in total. The van der Waals surface area contributed by atoms with E-state index in [1.165, 1.54) is 14.1 Å². The van der Waals surface area contributed by atoms with Gasteiger partial charge in [-0.05, 0) is 0 Å². The Morgan fingerprint density at radius 1 is 0.846 bits per heavy atom. The average Bonchev–Trinajstić information content (AvgIpc) is 2.03. The van der Waals surface area contributed by atoms with Crippen molar-refractivity contribution in [2.45, 2.75) is 38.5 Å². The zero-order chi connectivity index (χ0) is 10.9. The monoisotopic (exact) mass is 194 g/mol. The van der Waals surface area contributed by atoms with Crippen molar-refractivity contribution >= 4 is 0 Å². The summed E-state index contributed by atoms with van der Waals surface area (Å²) in [5.74, 6) is -4.28. The van der Waals surface area contributed by atoms with Crippen molar-refractivity contribution in [2.75, 3.05) is 14.1 Å². The minimum atomic E-state index is -2.14. The molecular weight excluding hydrogens is 174 g/mol. The molecule has 0 fully saturated rings. The van der Waals surface area contributed by atoms with Crippen molar-refractivity contribution in [3.05, 3.63) is 0 Å². The highest BCUT2D eigenvalue weighted by molar-refractivity contribution is 4.55. The van der Waals surface area contributed by atoms with Gasteiger partial charge < -0.3 is 20.4 Å².